The van der Waals surface area contributed by atoms with Crippen LogP contribution in [-0.2, 0) is 14.9 Å². The third-order valence-corrected chi connectivity index (χ3v) is 3.17. The summed E-state index contributed by atoms with van der Waals surface area (Å²) in [6.45, 7) is 3.30. The lowest BCUT2D eigenvalue weighted by atomic mass is 10.4. The molecule has 3 nitrogen and oxygen atoms in total. The van der Waals surface area contributed by atoms with Gasteiger partial charge in [0.2, 0.25) is 0 Å². The van der Waals surface area contributed by atoms with Gasteiger partial charge in [-0.3, -0.25) is 0 Å². The fraction of sp³-hybridized carbons (Fsp3) is 1.00. The first-order chi connectivity index (χ1) is 4.54. The molecule has 0 rings (SSSR count). The fourth-order valence-electron chi connectivity index (χ4n) is 0.601. The molecule has 0 saturated carbocycles. The minimum atomic E-state index is -3.32. The maximum atomic E-state index is 10.8. The van der Waals surface area contributed by atoms with Crippen LogP contribution in [0.2, 0.25) is 0 Å². The summed E-state index contributed by atoms with van der Waals surface area (Å²) < 4.78 is 21.6. The highest BCUT2D eigenvalue weighted by molar-refractivity contribution is 7.91. The van der Waals surface area contributed by atoms with Gasteiger partial charge in [0.15, 0.2) is 15.3 Å². The molecule has 0 aromatic carbocycles. The first kappa shape index (κ1) is 9.91. The molecule has 10 heavy (non-hydrogen) atoms. The van der Waals surface area contributed by atoms with Gasteiger partial charge in [-0.2, -0.15) is 0 Å². The minimum absolute atomic E-state index is 0.0405. The summed E-state index contributed by atoms with van der Waals surface area (Å²) in [5.74, 6) is -0.0405. The van der Waals surface area contributed by atoms with Crippen LogP contribution in [0.5, 0.6) is 0 Å². The van der Waals surface area contributed by atoms with Gasteiger partial charge in [0.1, 0.15) is 0 Å². The van der Waals surface area contributed by atoms with Crippen molar-refractivity contribution in [1.82, 2.24) is 0 Å². The van der Waals surface area contributed by atoms with Gasteiger partial charge < -0.3 is 0 Å². The van der Waals surface area contributed by atoms with E-state index in [-0.39, 0.29) is 12.2 Å². The zero-order valence-corrected chi connectivity index (χ0v) is 7.15. The summed E-state index contributed by atoms with van der Waals surface area (Å²) in [6, 6.07) is 0. The molecule has 0 aromatic rings. The van der Waals surface area contributed by atoms with Crippen LogP contribution < -0.4 is 0 Å². The molecule has 0 N–H and O–H groups in total. The molecule has 61 valence electrons. The molecule has 1 unspecified atom stereocenters. The van der Waals surface area contributed by atoms with E-state index in [1.165, 1.54) is 6.92 Å². The van der Waals surface area contributed by atoms with E-state index in [2.05, 4.69) is 0 Å². The third-order valence-electron chi connectivity index (χ3n) is 1.33. The molecule has 0 bridgehead atoms. The third kappa shape index (κ3) is 2.66. The monoisotopic (exact) mass is 165 g/mol. The Hall–Kier alpha value is -0.0900. The van der Waals surface area contributed by atoms with Crippen molar-refractivity contribution in [2.45, 2.75) is 32.1 Å². The van der Waals surface area contributed by atoms with Crippen molar-refractivity contribution < 1.29 is 13.5 Å². The molecule has 4 heteroatoms. The summed E-state index contributed by atoms with van der Waals surface area (Å²) in [5.41, 5.74) is -1.40. The largest absolute Gasteiger partial charge is 0.226 e. The van der Waals surface area contributed by atoms with Gasteiger partial charge in [-0.15, -0.1) is 0 Å². The van der Waals surface area contributed by atoms with Crippen molar-refractivity contribution in [2.75, 3.05) is 5.75 Å². The maximum absolute atomic E-state index is 10.8. The summed E-state index contributed by atoms with van der Waals surface area (Å²) in [5, 5.41) is 10.8. The van der Waals surface area contributed by atoms with Crippen LogP contribution >= 0.6 is 0 Å². The Bertz CT molecular complexity index is 171. The van der Waals surface area contributed by atoms with Crippen molar-refractivity contribution in [3.8, 4) is 0 Å². The lowest BCUT2D eigenvalue weighted by molar-refractivity contribution is 0.146. The van der Waals surface area contributed by atoms with E-state index >= 15 is 0 Å². The van der Waals surface area contributed by atoms with E-state index in [9.17, 15) is 13.5 Å². The number of sulfone groups is 1. The lowest BCUT2D eigenvalue weighted by Gasteiger charge is -2.04. The fourth-order valence-corrected chi connectivity index (χ4v) is 1.57. The van der Waals surface area contributed by atoms with E-state index in [1.807, 2.05) is 0 Å². The van der Waals surface area contributed by atoms with E-state index in [0.29, 0.717) is 6.42 Å². The van der Waals surface area contributed by atoms with Crippen molar-refractivity contribution in [3.63, 3.8) is 0 Å². The van der Waals surface area contributed by atoms with Gasteiger partial charge >= 0.3 is 0 Å². The molecule has 0 heterocycles. The van der Waals surface area contributed by atoms with Crippen LogP contribution in [0.4, 0.5) is 0 Å². The molecule has 0 aromatic heterocycles. The first-order valence-electron chi connectivity index (χ1n) is 3.42. The average Bonchev–Trinajstić information content (AvgIpc) is 1.89. The Morgan fingerprint density at radius 3 is 2.10 bits per heavy atom. The van der Waals surface area contributed by atoms with Gasteiger partial charge in [-0.25, -0.2) is 13.5 Å². The second-order valence-corrected chi connectivity index (χ2v) is 4.60. The quantitative estimate of drug-likeness (QED) is 0.623. The molecule has 0 saturated heterocycles. The zero-order chi connectivity index (χ0) is 8.20. The van der Waals surface area contributed by atoms with Gasteiger partial charge in [-0.1, -0.05) is 20.3 Å². The van der Waals surface area contributed by atoms with Crippen molar-refractivity contribution in [3.05, 3.63) is 0 Å². The zero-order valence-electron chi connectivity index (χ0n) is 6.33. The highest BCUT2D eigenvalue weighted by atomic mass is 32.2. The van der Waals surface area contributed by atoms with Gasteiger partial charge in [0.25, 0.3) is 0 Å². The maximum Gasteiger partial charge on any atom is 0.193 e. The van der Waals surface area contributed by atoms with Crippen LogP contribution in [0.15, 0.2) is 0 Å². The lowest BCUT2D eigenvalue weighted by Crippen LogP contribution is -2.20. The Balaban J connectivity index is 4.06. The Kier molecular flexibility index (Phi) is 3.89. The molecule has 1 atom stereocenters. The van der Waals surface area contributed by atoms with Crippen LogP contribution in [0.25, 0.3) is 0 Å². The van der Waals surface area contributed by atoms with Gasteiger partial charge in [0.05, 0.1) is 5.75 Å². The normalized spacial score (nSPS) is 15.1. The molecule has 0 amide bonds. The van der Waals surface area contributed by atoms with E-state index < -0.39 is 15.3 Å². The van der Waals surface area contributed by atoms with Crippen LogP contribution in [-0.4, -0.2) is 19.6 Å². The molecule has 0 aliphatic rings. The second-order valence-electron chi connectivity index (χ2n) is 2.17. The summed E-state index contributed by atoms with van der Waals surface area (Å²) in [7, 11) is -3.32. The van der Waals surface area contributed by atoms with Crippen molar-refractivity contribution in [1.29, 1.82) is 0 Å². The molecular weight excluding hydrogens is 152 g/mol. The SMILES string of the molecule is CCCC([O])S(=O)(=O)CC. The van der Waals surface area contributed by atoms with Crippen molar-refractivity contribution >= 4 is 9.84 Å². The van der Waals surface area contributed by atoms with Gasteiger partial charge in [0, 0.05) is 0 Å². The minimum Gasteiger partial charge on any atom is -0.226 e. The van der Waals surface area contributed by atoms with Crippen LogP contribution in [0.1, 0.15) is 26.7 Å². The molecule has 0 aliphatic heterocycles. The Morgan fingerprint density at radius 2 is 1.80 bits per heavy atom. The number of rotatable bonds is 4. The molecule has 1 radical (unpaired) electrons. The van der Waals surface area contributed by atoms with Crippen LogP contribution in [0, 0.1) is 0 Å². The topological polar surface area (TPSA) is 54.0 Å². The standard InChI is InChI=1S/C6H13O3S/c1-3-5-6(7)10(8,9)4-2/h6H,3-5H2,1-2H3. The second kappa shape index (κ2) is 3.93. The van der Waals surface area contributed by atoms with Crippen LogP contribution in [0.3, 0.4) is 0 Å². The van der Waals surface area contributed by atoms with E-state index in [0.717, 1.165) is 0 Å². The predicted octanol–water partition coefficient (Wildman–Crippen LogP) is 0.978. The van der Waals surface area contributed by atoms with Crippen molar-refractivity contribution in [2.24, 2.45) is 0 Å². The van der Waals surface area contributed by atoms with Gasteiger partial charge in [-0.05, 0) is 6.42 Å². The predicted molar refractivity (Wildman–Crippen MR) is 38.8 cm³/mol. The Labute approximate surface area is 62.0 Å². The summed E-state index contributed by atoms with van der Waals surface area (Å²) in [4.78, 5) is 0. The molecule has 0 aliphatic carbocycles. The average molecular weight is 165 g/mol. The summed E-state index contributed by atoms with van der Waals surface area (Å²) in [6.07, 6.45) is 0.865. The Morgan fingerprint density at radius 1 is 1.30 bits per heavy atom. The highest BCUT2D eigenvalue weighted by Gasteiger charge is 2.20. The number of hydrogen-bond acceptors (Lipinski definition) is 2. The molecular formula is C6H13O3S. The molecule has 0 spiro atoms. The van der Waals surface area contributed by atoms with E-state index in [4.69, 9.17) is 0 Å². The molecule has 0 fully saturated rings. The summed E-state index contributed by atoms with van der Waals surface area (Å²) >= 11 is 0. The number of hydrogen-bond donors (Lipinski definition) is 0. The first-order valence-corrected chi connectivity index (χ1v) is 5.13. The van der Waals surface area contributed by atoms with E-state index in [1.54, 1.807) is 6.92 Å². The highest BCUT2D eigenvalue weighted by Crippen LogP contribution is 2.06. The smallest absolute Gasteiger partial charge is 0.193 e.